The second-order valence-electron chi connectivity index (χ2n) is 3.90. The molecule has 0 bridgehead atoms. The Kier molecular flexibility index (Phi) is 6.29. The van der Waals surface area contributed by atoms with E-state index in [0.29, 0.717) is 0 Å². The van der Waals surface area contributed by atoms with Crippen molar-refractivity contribution in [1.82, 2.24) is 0 Å². The van der Waals surface area contributed by atoms with Crippen molar-refractivity contribution in [3.05, 3.63) is 0 Å². The van der Waals surface area contributed by atoms with E-state index in [1.54, 1.807) is 0 Å². The molecule has 3 N–H and O–H groups in total. The smallest absolute Gasteiger partial charge is 0.0611 e. The summed E-state index contributed by atoms with van der Waals surface area (Å²) in [6.07, 6.45) is 2.84. The normalized spacial score (nSPS) is 16.2. The van der Waals surface area contributed by atoms with E-state index < -0.39 is 5.54 Å². The molecule has 0 aromatic carbocycles. The van der Waals surface area contributed by atoms with Crippen LogP contribution in [-0.4, -0.2) is 30.0 Å². The van der Waals surface area contributed by atoms with Crippen molar-refractivity contribution in [2.45, 2.75) is 51.7 Å². The Morgan fingerprint density at radius 2 is 2.08 bits per heavy atom. The minimum Gasteiger partial charge on any atom is -0.394 e. The van der Waals surface area contributed by atoms with Crippen molar-refractivity contribution in [1.29, 1.82) is 0 Å². The van der Waals surface area contributed by atoms with Crippen LogP contribution in [0.2, 0.25) is 0 Å². The average Bonchev–Trinajstić information content (AvgIpc) is 2.12. The second kappa shape index (κ2) is 6.35. The van der Waals surface area contributed by atoms with Crippen molar-refractivity contribution in [3.63, 3.8) is 0 Å². The zero-order valence-corrected chi connectivity index (χ0v) is 9.05. The summed E-state index contributed by atoms with van der Waals surface area (Å²) in [7, 11) is 0. The first kappa shape index (κ1) is 12.9. The molecule has 0 amide bonds. The van der Waals surface area contributed by atoms with Gasteiger partial charge in [0.1, 0.15) is 0 Å². The lowest BCUT2D eigenvalue weighted by atomic mass is 9.93. The van der Waals surface area contributed by atoms with Crippen LogP contribution in [-0.2, 0) is 4.74 Å². The number of hydrogen-bond donors (Lipinski definition) is 2. The topological polar surface area (TPSA) is 55.5 Å². The van der Waals surface area contributed by atoms with Crippen molar-refractivity contribution >= 4 is 0 Å². The maximum atomic E-state index is 9.03. The van der Waals surface area contributed by atoms with Crippen LogP contribution in [0.25, 0.3) is 0 Å². The molecule has 0 heterocycles. The SMILES string of the molecule is CCC(N)(CO)CCCOC(C)C. The van der Waals surface area contributed by atoms with Crippen LogP contribution in [0.15, 0.2) is 0 Å². The molecule has 1 unspecified atom stereocenters. The molecule has 0 fully saturated rings. The lowest BCUT2D eigenvalue weighted by molar-refractivity contribution is 0.0685. The summed E-state index contributed by atoms with van der Waals surface area (Å²) in [5, 5.41) is 9.03. The highest BCUT2D eigenvalue weighted by Gasteiger charge is 2.20. The molecule has 13 heavy (non-hydrogen) atoms. The number of hydrogen-bond acceptors (Lipinski definition) is 3. The van der Waals surface area contributed by atoms with Gasteiger partial charge in [-0.3, -0.25) is 0 Å². The van der Waals surface area contributed by atoms with Gasteiger partial charge in [-0.2, -0.15) is 0 Å². The molecule has 3 nitrogen and oxygen atoms in total. The molecule has 0 rings (SSSR count). The van der Waals surface area contributed by atoms with E-state index in [2.05, 4.69) is 0 Å². The Balaban J connectivity index is 3.50. The lowest BCUT2D eigenvalue weighted by Gasteiger charge is -2.25. The van der Waals surface area contributed by atoms with Crippen LogP contribution in [0.1, 0.15) is 40.0 Å². The van der Waals surface area contributed by atoms with Gasteiger partial charge in [0.05, 0.1) is 12.7 Å². The molecule has 80 valence electrons. The van der Waals surface area contributed by atoms with Gasteiger partial charge in [-0.05, 0) is 33.1 Å². The minimum absolute atomic E-state index is 0.0607. The molecule has 0 aliphatic rings. The highest BCUT2D eigenvalue weighted by Crippen LogP contribution is 2.13. The van der Waals surface area contributed by atoms with E-state index in [9.17, 15) is 0 Å². The highest BCUT2D eigenvalue weighted by molar-refractivity contribution is 4.81. The Morgan fingerprint density at radius 3 is 2.46 bits per heavy atom. The largest absolute Gasteiger partial charge is 0.394 e. The van der Waals surface area contributed by atoms with Crippen LogP contribution in [0.4, 0.5) is 0 Å². The maximum Gasteiger partial charge on any atom is 0.0611 e. The summed E-state index contributed by atoms with van der Waals surface area (Å²) >= 11 is 0. The van der Waals surface area contributed by atoms with Crippen molar-refractivity contribution < 1.29 is 9.84 Å². The second-order valence-corrected chi connectivity index (χ2v) is 3.90. The van der Waals surface area contributed by atoms with Gasteiger partial charge < -0.3 is 15.6 Å². The van der Waals surface area contributed by atoms with E-state index in [1.165, 1.54) is 0 Å². The molecule has 3 heteroatoms. The molecule has 0 aromatic rings. The molecule has 0 saturated heterocycles. The van der Waals surface area contributed by atoms with Crippen molar-refractivity contribution in [2.75, 3.05) is 13.2 Å². The van der Waals surface area contributed by atoms with Crippen LogP contribution >= 0.6 is 0 Å². The van der Waals surface area contributed by atoms with Gasteiger partial charge in [0.15, 0.2) is 0 Å². The Bertz CT molecular complexity index is 122. The lowest BCUT2D eigenvalue weighted by Crippen LogP contribution is -2.43. The van der Waals surface area contributed by atoms with Gasteiger partial charge in [0, 0.05) is 12.1 Å². The first-order chi connectivity index (χ1) is 6.04. The summed E-state index contributed by atoms with van der Waals surface area (Å²) < 4.78 is 5.39. The number of rotatable bonds is 7. The molecule has 0 saturated carbocycles. The van der Waals surface area contributed by atoms with Crippen LogP contribution in [0.3, 0.4) is 0 Å². The van der Waals surface area contributed by atoms with E-state index in [-0.39, 0.29) is 12.7 Å². The molecule has 1 atom stereocenters. The molecule has 0 spiro atoms. The van der Waals surface area contributed by atoms with Crippen molar-refractivity contribution in [3.8, 4) is 0 Å². The third kappa shape index (κ3) is 6.02. The monoisotopic (exact) mass is 189 g/mol. The predicted molar refractivity (Wildman–Crippen MR) is 54.6 cm³/mol. The molecule has 0 aromatic heterocycles. The molecular weight excluding hydrogens is 166 g/mol. The molecule has 0 radical (unpaired) electrons. The summed E-state index contributed by atoms with van der Waals surface area (Å²) in [5.41, 5.74) is 5.51. The van der Waals surface area contributed by atoms with E-state index in [1.807, 2.05) is 20.8 Å². The first-order valence-corrected chi connectivity index (χ1v) is 5.05. The van der Waals surface area contributed by atoms with Gasteiger partial charge in [-0.1, -0.05) is 6.92 Å². The van der Waals surface area contributed by atoms with E-state index in [4.69, 9.17) is 15.6 Å². The summed E-state index contributed by atoms with van der Waals surface area (Å²) in [6.45, 7) is 6.82. The van der Waals surface area contributed by atoms with Crippen LogP contribution < -0.4 is 5.73 Å². The average molecular weight is 189 g/mol. The first-order valence-electron chi connectivity index (χ1n) is 5.05. The van der Waals surface area contributed by atoms with E-state index >= 15 is 0 Å². The predicted octanol–water partition coefficient (Wildman–Crippen LogP) is 1.29. The minimum atomic E-state index is -0.402. The fourth-order valence-electron chi connectivity index (χ4n) is 1.11. The van der Waals surface area contributed by atoms with E-state index in [0.717, 1.165) is 25.9 Å². The fourth-order valence-corrected chi connectivity index (χ4v) is 1.11. The molecule has 0 aliphatic heterocycles. The quantitative estimate of drug-likeness (QED) is 0.593. The van der Waals surface area contributed by atoms with Gasteiger partial charge in [-0.25, -0.2) is 0 Å². The number of aliphatic hydroxyl groups excluding tert-OH is 1. The number of ether oxygens (including phenoxy) is 1. The summed E-state index contributed by atoms with van der Waals surface area (Å²) in [4.78, 5) is 0. The Hall–Kier alpha value is -0.120. The molecule has 0 aliphatic carbocycles. The van der Waals surface area contributed by atoms with Crippen LogP contribution in [0, 0.1) is 0 Å². The fraction of sp³-hybridized carbons (Fsp3) is 1.00. The third-order valence-electron chi connectivity index (χ3n) is 2.29. The summed E-state index contributed by atoms with van der Waals surface area (Å²) in [6, 6.07) is 0. The zero-order valence-electron chi connectivity index (χ0n) is 9.05. The highest BCUT2D eigenvalue weighted by atomic mass is 16.5. The van der Waals surface area contributed by atoms with Gasteiger partial charge in [0.2, 0.25) is 0 Å². The standard InChI is InChI=1S/C10H23NO2/c1-4-10(11,8-12)6-5-7-13-9(2)3/h9,12H,4-8,11H2,1-3H3. The van der Waals surface area contributed by atoms with Gasteiger partial charge in [-0.15, -0.1) is 0 Å². The van der Waals surface area contributed by atoms with Gasteiger partial charge >= 0.3 is 0 Å². The number of nitrogens with two attached hydrogens (primary N) is 1. The zero-order chi connectivity index (χ0) is 10.3. The maximum absolute atomic E-state index is 9.03. The number of aliphatic hydroxyl groups is 1. The van der Waals surface area contributed by atoms with Crippen molar-refractivity contribution in [2.24, 2.45) is 5.73 Å². The Morgan fingerprint density at radius 1 is 1.46 bits per heavy atom. The molecular formula is C10H23NO2. The third-order valence-corrected chi connectivity index (χ3v) is 2.29. The Labute approximate surface area is 81.3 Å². The van der Waals surface area contributed by atoms with Gasteiger partial charge in [0.25, 0.3) is 0 Å². The van der Waals surface area contributed by atoms with Crippen LogP contribution in [0.5, 0.6) is 0 Å². The summed E-state index contributed by atoms with van der Waals surface area (Å²) in [5.74, 6) is 0.